The van der Waals surface area contributed by atoms with Gasteiger partial charge in [0.2, 0.25) is 5.91 Å². The second-order valence-corrected chi connectivity index (χ2v) is 14.0. The molecule has 0 spiro atoms. The number of benzene rings is 5. The summed E-state index contributed by atoms with van der Waals surface area (Å²) in [6, 6.07) is 51.0. The number of aliphatic imine (C=N–C) groups is 1. The molecule has 0 saturated heterocycles. The summed E-state index contributed by atoms with van der Waals surface area (Å²) in [6.45, 7) is 5.60. The number of rotatable bonds is 12. The molecular weight excluding hydrogens is 725 g/mol. The molecular formula is C49H40N4O3S. The third-order valence-electron chi connectivity index (χ3n) is 9.37. The lowest BCUT2D eigenvalue weighted by Gasteiger charge is -2.28. The number of nitrogens with zero attached hydrogens (tertiary/aromatic N) is 3. The molecule has 0 atom stereocenters. The van der Waals surface area contributed by atoms with Gasteiger partial charge in [0.05, 0.1) is 23.2 Å². The van der Waals surface area contributed by atoms with Crippen molar-refractivity contribution in [3.63, 3.8) is 0 Å². The quantitative estimate of drug-likeness (QED) is 0.0764. The molecule has 0 radical (unpaired) electrons. The van der Waals surface area contributed by atoms with Gasteiger partial charge < -0.3 is 9.88 Å². The van der Waals surface area contributed by atoms with E-state index in [-0.39, 0.29) is 22.4 Å². The molecule has 0 aliphatic carbocycles. The van der Waals surface area contributed by atoms with Crippen LogP contribution in [0.25, 0.3) is 34.3 Å². The molecule has 57 heavy (non-hydrogen) atoms. The molecule has 8 heteroatoms. The minimum absolute atomic E-state index is 0.0915. The van der Waals surface area contributed by atoms with Crippen molar-refractivity contribution in [2.75, 3.05) is 5.75 Å². The number of allylic oxidation sites excluding steroid dienone is 4. The number of nitrogens with one attached hydrogen (secondary N) is 1. The highest BCUT2D eigenvalue weighted by atomic mass is 32.2. The van der Waals surface area contributed by atoms with E-state index in [9.17, 15) is 14.4 Å². The van der Waals surface area contributed by atoms with Gasteiger partial charge in [-0.25, -0.2) is 0 Å². The average molecular weight is 765 g/mol. The minimum atomic E-state index is -0.693. The number of amides is 3. The highest BCUT2D eigenvalue weighted by molar-refractivity contribution is 8.14. The van der Waals surface area contributed by atoms with Crippen molar-refractivity contribution in [2.24, 2.45) is 4.99 Å². The Morgan fingerprint density at radius 3 is 1.88 bits per heavy atom. The first-order valence-corrected chi connectivity index (χ1v) is 19.5. The highest BCUT2D eigenvalue weighted by Gasteiger charge is 2.36. The first kappa shape index (κ1) is 38.3. The lowest BCUT2D eigenvalue weighted by Crippen LogP contribution is -2.42. The SMILES string of the molecule is C=C/C=C\C(=C/C)N1C(=O)/C(=C\c2cc(-c3ccccc3)n(-c3ccccc3)c2-c2ccccc2)C(=O)N=C1SCC(=O)NC(c1ccccc1)c1ccccc1. The Bertz CT molecular complexity index is 2470. The number of amidine groups is 1. The van der Waals surface area contributed by atoms with Gasteiger partial charge in [-0.2, -0.15) is 4.99 Å². The standard InChI is InChI=1S/C49H40N4O3S/c1-3-5-29-40(4-2)53-48(56)42(47(55)51-49(53)57-34-44(54)50-45(36-23-13-7-14-24-36)37-25-15-8-16-26-37)32-39-33-43(35-21-11-6-12-22-35)52(41-30-19-10-20-31-41)46(39)38-27-17-9-18-28-38/h3-33,45H,1,34H2,2H3,(H,50,54)/b29-5-,40-4+,42-32-. The first-order valence-electron chi connectivity index (χ1n) is 18.6. The van der Waals surface area contributed by atoms with Crippen LogP contribution in [0.4, 0.5) is 0 Å². The van der Waals surface area contributed by atoms with Crippen LogP contribution in [0.3, 0.4) is 0 Å². The summed E-state index contributed by atoms with van der Waals surface area (Å²) >= 11 is 1.03. The maximum absolute atomic E-state index is 14.7. The molecule has 1 aromatic heterocycles. The van der Waals surface area contributed by atoms with Gasteiger partial charge in [0.25, 0.3) is 11.8 Å². The van der Waals surface area contributed by atoms with Crippen molar-refractivity contribution in [1.82, 2.24) is 14.8 Å². The Balaban J connectivity index is 1.29. The van der Waals surface area contributed by atoms with E-state index in [1.807, 2.05) is 158 Å². The van der Waals surface area contributed by atoms with Gasteiger partial charge in [0.1, 0.15) is 5.57 Å². The molecule has 3 amide bonds. The number of carbonyl (C=O) groups is 3. The van der Waals surface area contributed by atoms with E-state index < -0.39 is 17.9 Å². The van der Waals surface area contributed by atoms with E-state index in [1.165, 1.54) is 4.90 Å². The fourth-order valence-electron chi connectivity index (χ4n) is 6.75. The Labute approximate surface area is 337 Å². The van der Waals surface area contributed by atoms with Crippen LogP contribution in [0.15, 0.2) is 205 Å². The maximum Gasteiger partial charge on any atom is 0.285 e. The number of hydrogen-bond acceptors (Lipinski definition) is 4. The molecule has 280 valence electrons. The molecule has 0 fully saturated rings. The van der Waals surface area contributed by atoms with Crippen molar-refractivity contribution >= 4 is 40.7 Å². The Kier molecular flexibility index (Phi) is 12.1. The third-order valence-corrected chi connectivity index (χ3v) is 10.3. The monoisotopic (exact) mass is 764 g/mol. The second-order valence-electron chi connectivity index (χ2n) is 13.1. The molecule has 5 aromatic carbocycles. The summed E-state index contributed by atoms with van der Waals surface area (Å²) in [6.07, 6.45) is 8.44. The lowest BCUT2D eigenvalue weighted by atomic mass is 9.99. The van der Waals surface area contributed by atoms with E-state index in [2.05, 4.69) is 21.5 Å². The third kappa shape index (κ3) is 8.62. The van der Waals surface area contributed by atoms with Crippen LogP contribution >= 0.6 is 11.8 Å². The molecule has 1 aliphatic rings. The van der Waals surface area contributed by atoms with Crippen LogP contribution < -0.4 is 5.32 Å². The lowest BCUT2D eigenvalue weighted by molar-refractivity contribution is -0.126. The molecule has 7 nitrogen and oxygen atoms in total. The largest absolute Gasteiger partial charge is 0.344 e. The fourth-order valence-corrected chi connectivity index (χ4v) is 7.56. The van der Waals surface area contributed by atoms with Crippen LogP contribution in [0.5, 0.6) is 0 Å². The molecule has 0 saturated carbocycles. The van der Waals surface area contributed by atoms with Crippen molar-refractivity contribution in [1.29, 1.82) is 0 Å². The van der Waals surface area contributed by atoms with Crippen LogP contribution in [0, 0.1) is 0 Å². The van der Waals surface area contributed by atoms with E-state index in [1.54, 1.807) is 37.3 Å². The maximum atomic E-state index is 14.7. The Morgan fingerprint density at radius 2 is 1.32 bits per heavy atom. The number of carbonyl (C=O) groups excluding carboxylic acids is 3. The highest BCUT2D eigenvalue weighted by Crippen LogP contribution is 2.38. The first-order chi connectivity index (χ1) is 28.0. The van der Waals surface area contributed by atoms with Gasteiger partial charge in [-0.1, -0.05) is 176 Å². The molecule has 7 rings (SSSR count). The summed E-state index contributed by atoms with van der Waals surface area (Å²) < 4.78 is 2.15. The van der Waals surface area contributed by atoms with Crippen LogP contribution in [0.2, 0.25) is 0 Å². The zero-order valence-corrected chi connectivity index (χ0v) is 32.2. The van der Waals surface area contributed by atoms with Crippen molar-refractivity contribution in [3.05, 3.63) is 217 Å². The molecule has 1 aliphatic heterocycles. The summed E-state index contributed by atoms with van der Waals surface area (Å²) in [5, 5.41) is 3.25. The number of para-hydroxylation sites is 1. The van der Waals surface area contributed by atoms with Crippen LogP contribution in [-0.2, 0) is 14.4 Å². The molecule has 0 bridgehead atoms. The predicted molar refractivity (Wildman–Crippen MR) is 232 cm³/mol. The summed E-state index contributed by atoms with van der Waals surface area (Å²) in [7, 11) is 0. The molecule has 1 N–H and O–H groups in total. The number of thioether (sulfide) groups is 1. The molecule has 0 unspecified atom stereocenters. The van der Waals surface area contributed by atoms with Gasteiger partial charge in [0, 0.05) is 16.9 Å². The van der Waals surface area contributed by atoms with E-state index in [0.29, 0.717) is 11.3 Å². The van der Waals surface area contributed by atoms with E-state index in [4.69, 9.17) is 0 Å². The molecule has 2 heterocycles. The Hall–Kier alpha value is -7.03. The van der Waals surface area contributed by atoms with Gasteiger partial charge in [-0.05, 0) is 59.5 Å². The average Bonchev–Trinajstić information content (AvgIpc) is 3.65. The normalized spacial score (nSPS) is 14.0. The smallest absolute Gasteiger partial charge is 0.285 e. The molecule has 6 aromatic rings. The Morgan fingerprint density at radius 1 is 0.772 bits per heavy atom. The topological polar surface area (TPSA) is 83.8 Å². The second kappa shape index (κ2) is 18.1. The van der Waals surface area contributed by atoms with Crippen LogP contribution in [-0.4, -0.2) is 38.1 Å². The van der Waals surface area contributed by atoms with Gasteiger partial charge in [-0.3, -0.25) is 19.3 Å². The minimum Gasteiger partial charge on any atom is -0.344 e. The summed E-state index contributed by atoms with van der Waals surface area (Å²) in [5.41, 5.74) is 7.38. The number of aromatic nitrogens is 1. The van der Waals surface area contributed by atoms with E-state index in [0.717, 1.165) is 51.1 Å². The van der Waals surface area contributed by atoms with Crippen molar-refractivity contribution in [2.45, 2.75) is 13.0 Å². The van der Waals surface area contributed by atoms with E-state index >= 15 is 0 Å². The van der Waals surface area contributed by atoms with Gasteiger partial charge >= 0.3 is 0 Å². The summed E-state index contributed by atoms with van der Waals surface area (Å²) in [4.78, 5) is 48.3. The van der Waals surface area contributed by atoms with Crippen molar-refractivity contribution in [3.8, 4) is 28.2 Å². The van der Waals surface area contributed by atoms with Crippen LogP contribution in [0.1, 0.15) is 29.7 Å². The van der Waals surface area contributed by atoms with Gasteiger partial charge in [-0.15, -0.1) is 0 Å². The summed E-state index contributed by atoms with van der Waals surface area (Å²) in [5.74, 6) is -1.62. The van der Waals surface area contributed by atoms with Crippen molar-refractivity contribution < 1.29 is 14.4 Å². The fraction of sp³-hybridized carbons (Fsp3) is 0.0612. The van der Waals surface area contributed by atoms with Gasteiger partial charge in [0.15, 0.2) is 5.17 Å². The predicted octanol–water partition coefficient (Wildman–Crippen LogP) is 10.2. The zero-order valence-electron chi connectivity index (χ0n) is 31.4. The number of hydrogen-bond donors (Lipinski definition) is 1. The zero-order chi connectivity index (χ0) is 39.6.